The van der Waals surface area contributed by atoms with Crippen LogP contribution < -0.4 is 0 Å². The summed E-state index contributed by atoms with van der Waals surface area (Å²) in [5.74, 6) is 0.649. The molecule has 0 aromatic rings. The van der Waals surface area contributed by atoms with Crippen LogP contribution in [0.4, 0.5) is 0 Å². The first-order chi connectivity index (χ1) is 7.58. The summed E-state index contributed by atoms with van der Waals surface area (Å²) in [7, 11) is 0. The number of piperidine rings is 1. The number of halogens is 1. The number of nitrogens with zero attached hydrogens (tertiary/aromatic N) is 1. The van der Waals surface area contributed by atoms with Gasteiger partial charge in [-0.3, -0.25) is 4.79 Å². The lowest BCUT2D eigenvalue weighted by Gasteiger charge is -2.35. The Hall–Kier alpha value is -0.280. The summed E-state index contributed by atoms with van der Waals surface area (Å²) in [6.45, 7) is 5.68. The van der Waals surface area contributed by atoms with E-state index >= 15 is 0 Å². The first-order valence-electron chi connectivity index (χ1n) is 6.16. The van der Waals surface area contributed by atoms with Crippen LogP contribution in [0.25, 0.3) is 0 Å². The van der Waals surface area contributed by atoms with Crippen LogP contribution in [0.15, 0.2) is 0 Å². The van der Waals surface area contributed by atoms with E-state index in [1.807, 2.05) is 11.8 Å². The largest absolute Gasteiger partial charge is 0.365 e. The summed E-state index contributed by atoms with van der Waals surface area (Å²) in [5, 5.41) is 0.0940. The van der Waals surface area contributed by atoms with Gasteiger partial charge in [0.25, 0.3) is 5.91 Å². The quantitative estimate of drug-likeness (QED) is 0.662. The zero-order valence-electron chi connectivity index (χ0n) is 9.99. The van der Waals surface area contributed by atoms with E-state index in [2.05, 4.69) is 6.92 Å². The van der Waals surface area contributed by atoms with Crippen molar-refractivity contribution < 1.29 is 9.53 Å². The zero-order chi connectivity index (χ0) is 11.7. The summed E-state index contributed by atoms with van der Waals surface area (Å²) in [4.78, 5) is 14.0. The van der Waals surface area contributed by atoms with Crippen LogP contribution in [0.1, 0.15) is 33.1 Å². The van der Waals surface area contributed by atoms with Crippen molar-refractivity contribution in [2.24, 2.45) is 5.92 Å². The van der Waals surface area contributed by atoms with Crippen molar-refractivity contribution in [3.8, 4) is 0 Å². The highest BCUT2D eigenvalue weighted by Gasteiger charge is 2.34. The van der Waals surface area contributed by atoms with Gasteiger partial charge in [-0.2, -0.15) is 0 Å². The molecule has 0 aromatic carbocycles. The Balaban J connectivity index is 1.90. The fourth-order valence-corrected chi connectivity index (χ4v) is 2.70. The minimum Gasteiger partial charge on any atom is -0.365 e. The van der Waals surface area contributed by atoms with Crippen molar-refractivity contribution in [3.05, 3.63) is 0 Å². The van der Waals surface area contributed by atoms with Crippen molar-refractivity contribution in [1.82, 2.24) is 4.90 Å². The maximum absolute atomic E-state index is 12.1. The molecule has 0 aromatic heterocycles. The Kier molecular flexibility index (Phi) is 3.75. The van der Waals surface area contributed by atoms with Crippen molar-refractivity contribution in [2.45, 2.75) is 50.7 Å². The summed E-state index contributed by atoms with van der Waals surface area (Å²) < 4.78 is 5.60. The van der Waals surface area contributed by atoms with E-state index in [9.17, 15) is 4.79 Å². The second-order valence-electron chi connectivity index (χ2n) is 5.08. The standard InChI is InChI=1S/C12H20ClNO2/c1-8-5-6-14(7-10(8)13)12(15)11-4-3-9(2)16-11/h8-11H,3-7H2,1-2H3. The second kappa shape index (κ2) is 4.92. The van der Waals surface area contributed by atoms with Crippen LogP contribution in [0.2, 0.25) is 0 Å². The Morgan fingerprint density at radius 2 is 2.06 bits per heavy atom. The lowest BCUT2D eigenvalue weighted by molar-refractivity contribution is -0.143. The van der Waals surface area contributed by atoms with Gasteiger partial charge >= 0.3 is 0 Å². The lowest BCUT2D eigenvalue weighted by Crippen LogP contribution is -2.47. The van der Waals surface area contributed by atoms with Gasteiger partial charge in [0.2, 0.25) is 0 Å². The predicted molar refractivity (Wildman–Crippen MR) is 63.6 cm³/mol. The van der Waals surface area contributed by atoms with Gasteiger partial charge < -0.3 is 9.64 Å². The molecule has 2 aliphatic heterocycles. The molecule has 16 heavy (non-hydrogen) atoms. The summed E-state index contributed by atoms with van der Waals surface area (Å²) in [6.07, 6.45) is 2.86. The zero-order valence-corrected chi connectivity index (χ0v) is 10.7. The molecule has 0 N–H and O–H groups in total. The Morgan fingerprint density at radius 1 is 1.31 bits per heavy atom. The first kappa shape index (κ1) is 12.2. The number of alkyl halides is 1. The molecule has 4 heteroatoms. The lowest BCUT2D eigenvalue weighted by atomic mass is 9.98. The Bertz CT molecular complexity index is 272. The monoisotopic (exact) mass is 245 g/mol. The fraction of sp³-hybridized carbons (Fsp3) is 0.917. The van der Waals surface area contributed by atoms with E-state index in [1.54, 1.807) is 0 Å². The molecular formula is C12H20ClNO2. The van der Waals surface area contributed by atoms with Crippen molar-refractivity contribution in [3.63, 3.8) is 0 Å². The first-order valence-corrected chi connectivity index (χ1v) is 6.60. The van der Waals surface area contributed by atoms with Crippen molar-refractivity contribution >= 4 is 17.5 Å². The fourth-order valence-electron chi connectivity index (χ4n) is 2.41. The van der Waals surface area contributed by atoms with E-state index in [4.69, 9.17) is 16.3 Å². The van der Waals surface area contributed by atoms with Gasteiger partial charge in [-0.15, -0.1) is 11.6 Å². The second-order valence-corrected chi connectivity index (χ2v) is 5.64. The van der Waals surface area contributed by atoms with Crippen LogP contribution in [0.3, 0.4) is 0 Å². The average molecular weight is 246 g/mol. The average Bonchev–Trinajstić information content (AvgIpc) is 2.68. The van der Waals surface area contributed by atoms with Gasteiger partial charge in [-0.25, -0.2) is 0 Å². The summed E-state index contributed by atoms with van der Waals surface area (Å²) in [6, 6.07) is 0. The Labute approximate surface area is 102 Å². The van der Waals surface area contributed by atoms with Gasteiger partial charge in [0.05, 0.1) is 11.5 Å². The Morgan fingerprint density at radius 3 is 2.62 bits per heavy atom. The summed E-state index contributed by atoms with van der Waals surface area (Å²) >= 11 is 6.21. The number of amides is 1. The molecule has 0 saturated carbocycles. The SMILES string of the molecule is CC1CCC(C(=O)N2CCC(C)C(Cl)C2)O1. The third-order valence-corrected chi connectivity index (χ3v) is 4.25. The van der Waals surface area contributed by atoms with E-state index in [0.717, 1.165) is 25.8 Å². The number of carbonyl (C=O) groups is 1. The predicted octanol–water partition coefficient (Wildman–Crippen LogP) is 2.03. The van der Waals surface area contributed by atoms with Crippen LogP contribution >= 0.6 is 11.6 Å². The highest BCUT2D eigenvalue weighted by molar-refractivity contribution is 6.21. The molecule has 0 spiro atoms. The van der Waals surface area contributed by atoms with Gasteiger partial charge in [0, 0.05) is 13.1 Å². The molecule has 92 valence electrons. The van der Waals surface area contributed by atoms with Crippen molar-refractivity contribution in [1.29, 1.82) is 0 Å². The maximum atomic E-state index is 12.1. The molecule has 0 bridgehead atoms. The molecular weight excluding hydrogens is 226 g/mol. The molecule has 4 atom stereocenters. The minimum atomic E-state index is -0.215. The number of hydrogen-bond acceptors (Lipinski definition) is 2. The number of rotatable bonds is 1. The van der Waals surface area contributed by atoms with Crippen LogP contribution in [0.5, 0.6) is 0 Å². The summed E-state index contributed by atoms with van der Waals surface area (Å²) in [5.41, 5.74) is 0. The third-order valence-electron chi connectivity index (χ3n) is 3.69. The van der Waals surface area contributed by atoms with Gasteiger partial charge in [0.15, 0.2) is 0 Å². The van der Waals surface area contributed by atoms with Crippen LogP contribution in [0, 0.1) is 5.92 Å². The van der Waals surface area contributed by atoms with Gasteiger partial charge in [-0.05, 0) is 32.1 Å². The third kappa shape index (κ3) is 2.51. The molecule has 2 heterocycles. The van der Waals surface area contributed by atoms with E-state index in [0.29, 0.717) is 12.5 Å². The van der Waals surface area contributed by atoms with E-state index in [-0.39, 0.29) is 23.5 Å². The molecule has 2 rings (SSSR count). The van der Waals surface area contributed by atoms with Crippen LogP contribution in [-0.2, 0) is 9.53 Å². The van der Waals surface area contributed by atoms with Crippen LogP contribution in [-0.4, -0.2) is 41.5 Å². The van der Waals surface area contributed by atoms with E-state index in [1.165, 1.54) is 0 Å². The molecule has 2 fully saturated rings. The molecule has 2 saturated heterocycles. The molecule has 2 aliphatic rings. The van der Waals surface area contributed by atoms with Gasteiger partial charge in [-0.1, -0.05) is 6.92 Å². The molecule has 0 aliphatic carbocycles. The minimum absolute atomic E-state index is 0.0940. The smallest absolute Gasteiger partial charge is 0.251 e. The normalized spacial score (nSPS) is 40.1. The highest BCUT2D eigenvalue weighted by Crippen LogP contribution is 2.25. The van der Waals surface area contributed by atoms with Gasteiger partial charge in [0.1, 0.15) is 6.10 Å². The molecule has 3 nitrogen and oxygen atoms in total. The number of likely N-dealkylation sites (tertiary alicyclic amines) is 1. The topological polar surface area (TPSA) is 29.5 Å². The molecule has 4 unspecified atom stereocenters. The number of carbonyl (C=O) groups excluding carboxylic acids is 1. The number of hydrogen-bond donors (Lipinski definition) is 0. The molecule has 0 radical (unpaired) electrons. The maximum Gasteiger partial charge on any atom is 0.251 e. The van der Waals surface area contributed by atoms with E-state index < -0.39 is 0 Å². The molecule has 1 amide bonds. The highest BCUT2D eigenvalue weighted by atomic mass is 35.5. The number of ether oxygens (including phenoxy) is 1. The van der Waals surface area contributed by atoms with Crippen molar-refractivity contribution in [2.75, 3.05) is 13.1 Å².